The predicted molar refractivity (Wildman–Crippen MR) is 82.6 cm³/mol. The molecule has 0 fully saturated rings. The van der Waals surface area contributed by atoms with E-state index in [0.717, 1.165) is 5.57 Å². The van der Waals surface area contributed by atoms with Crippen LogP contribution >= 0.6 is 35.3 Å². The minimum atomic E-state index is 0. The van der Waals surface area contributed by atoms with Crippen LogP contribution in [0.4, 0.5) is 0 Å². The Morgan fingerprint density at radius 2 is 2.25 bits per heavy atom. The predicted octanol–water partition coefficient (Wildman–Crippen LogP) is 2.65. The Balaban J connectivity index is 0.00000225. The summed E-state index contributed by atoms with van der Waals surface area (Å²) in [4.78, 5) is 4.25. The highest BCUT2D eigenvalue weighted by Gasteiger charge is 1.98. The van der Waals surface area contributed by atoms with E-state index in [0.29, 0.717) is 19.0 Å². The minimum absolute atomic E-state index is 0. The fourth-order valence-corrected chi connectivity index (χ4v) is 1.86. The number of hydrogen-bond donors (Lipinski definition) is 2. The molecule has 3 N–H and O–H groups in total. The van der Waals surface area contributed by atoms with Gasteiger partial charge in [-0.1, -0.05) is 12.2 Å². The molecule has 0 radical (unpaired) electrons. The molecule has 0 amide bonds. The molecule has 1 aromatic rings. The molecule has 0 aliphatic carbocycles. The third-order valence-electron chi connectivity index (χ3n) is 1.95. The summed E-state index contributed by atoms with van der Waals surface area (Å²) in [6.45, 7) is 9.13. The van der Waals surface area contributed by atoms with Crippen molar-refractivity contribution in [3.8, 4) is 0 Å². The summed E-state index contributed by atoms with van der Waals surface area (Å²) in [6.07, 6.45) is 0. The molecule has 16 heavy (non-hydrogen) atoms. The lowest BCUT2D eigenvalue weighted by atomic mass is 10.2. The second-order valence-corrected chi connectivity index (χ2v) is 4.34. The van der Waals surface area contributed by atoms with Crippen molar-refractivity contribution in [1.29, 1.82) is 0 Å². The van der Waals surface area contributed by atoms with Gasteiger partial charge in [-0.2, -0.15) is 11.3 Å². The van der Waals surface area contributed by atoms with Gasteiger partial charge in [-0.3, -0.25) is 0 Å². The molecule has 1 rings (SSSR count). The average Bonchev–Trinajstić information content (AvgIpc) is 2.58. The number of aliphatic imine (C=N–C) groups is 1. The van der Waals surface area contributed by atoms with Gasteiger partial charge in [0, 0.05) is 6.54 Å². The van der Waals surface area contributed by atoms with Gasteiger partial charge in [0.05, 0.1) is 6.54 Å². The molecule has 0 aliphatic rings. The standard InChI is InChI=1S/C11H17N3S.HI/c1-8(2)4-13-11(12)14-5-10-7-15-6-9(10)3;/h6-7H,1,4-5H2,2-3H3,(H3,12,13,14);1H. The van der Waals surface area contributed by atoms with Crippen molar-refractivity contribution >= 4 is 41.3 Å². The summed E-state index contributed by atoms with van der Waals surface area (Å²) in [5.74, 6) is 0.476. The molecule has 0 atom stereocenters. The van der Waals surface area contributed by atoms with E-state index in [-0.39, 0.29) is 24.0 Å². The van der Waals surface area contributed by atoms with Crippen LogP contribution in [0.3, 0.4) is 0 Å². The number of guanidine groups is 1. The van der Waals surface area contributed by atoms with Crippen LogP contribution in [0.25, 0.3) is 0 Å². The molecule has 0 saturated heterocycles. The molecule has 5 heteroatoms. The number of rotatable bonds is 4. The van der Waals surface area contributed by atoms with E-state index in [1.807, 2.05) is 6.92 Å². The van der Waals surface area contributed by atoms with Crippen LogP contribution in [0.15, 0.2) is 27.9 Å². The Morgan fingerprint density at radius 1 is 1.56 bits per heavy atom. The molecule has 3 nitrogen and oxygen atoms in total. The normalized spacial score (nSPS) is 10.8. The van der Waals surface area contributed by atoms with Crippen molar-refractivity contribution < 1.29 is 0 Å². The summed E-state index contributed by atoms with van der Waals surface area (Å²) in [7, 11) is 0. The highest BCUT2D eigenvalue weighted by atomic mass is 127. The van der Waals surface area contributed by atoms with Crippen LogP contribution in [0.1, 0.15) is 18.1 Å². The zero-order valence-corrected chi connectivity index (χ0v) is 12.8. The molecular weight excluding hydrogens is 333 g/mol. The van der Waals surface area contributed by atoms with Gasteiger partial charge in [0.15, 0.2) is 5.96 Å². The maximum Gasteiger partial charge on any atom is 0.189 e. The number of nitrogens with zero attached hydrogens (tertiary/aromatic N) is 1. The first-order valence-electron chi connectivity index (χ1n) is 4.79. The summed E-state index contributed by atoms with van der Waals surface area (Å²) < 4.78 is 0. The number of halogens is 1. The Morgan fingerprint density at radius 3 is 2.75 bits per heavy atom. The molecule has 0 aromatic carbocycles. The Labute approximate surface area is 118 Å². The number of nitrogens with one attached hydrogen (secondary N) is 1. The van der Waals surface area contributed by atoms with E-state index in [1.165, 1.54) is 11.1 Å². The molecule has 0 aliphatic heterocycles. The fraction of sp³-hybridized carbons (Fsp3) is 0.364. The van der Waals surface area contributed by atoms with Gasteiger partial charge in [-0.15, -0.1) is 24.0 Å². The summed E-state index contributed by atoms with van der Waals surface area (Å²) in [6, 6.07) is 0. The third-order valence-corrected chi connectivity index (χ3v) is 2.86. The number of hydrogen-bond acceptors (Lipinski definition) is 2. The number of thiophene rings is 1. The van der Waals surface area contributed by atoms with Gasteiger partial charge in [-0.05, 0) is 35.7 Å². The second kappa shape index (κ2) is 7.67. The molecular formula is C11H18IN3S. The van der Waals surface area contributed by atoms with Crippen molar-refractivity contribution in [3.05, 3.63) is 34.0 Å². The zero-order chi connectivity index (χ0) is 11.3. The van der Waals surface area contributed by atoms with Crippen LogP contribution in [0, 0.1) is 6.92 Å². The van der Waals surface area contributed by atoms with Gasteiger partial charge < -0.3 is 11.1 Å². The van der Waals surface area contributed by atoms with Gasteiger partial charge in [-0.25, -0.2) is 4.99 Å². The molecule has 0 unspecified atom stereocenters. The Kier molecular flexibility index (Phi) is 7.40. The molecule has 0 bridgehead atoms. The average molecular weight is 351 g/mol. The van der Waals surface area contributed by atoms with Gasteiger partial charge in [0.1, 0.15) is 0 Å². The van der Waals surface area contributed by atoms with Crippen molar-refractivity contribution in [2.24, 2.45) is 10.7 Å². The first-order chi connectivity index (χ1) is 7.09. The Hall–Kier alpha value is -0.560. The topological polar surface area (TPSA) is 50.4 Å². The maximum absolute atomic E-state index is 5.69. The van der Waals surface area contributed by atoms with Crippen LogP contribution in [-0.2, 0) is 6.54 Å². The quantitative estimate of drug-likeness (QED) is 0.379. The van der Waals surface area contributed by atoms with Crippen molar-refractivity contribution in [3.63, 3.8) is 0 Å². The van der Waals surface area contributed by atoms with Crippen LogP contribution in [-0.4, -0.2) is 12.5 Å². The molecule has 90 valence electrons. The Bertz CT molecular complexity index is 371. The highest BCUT2D eigenvalue weighted by molar-refractivity contribution is 14.0. The first kappa shape index (κ1) is 15.4. The van der Waals surface area contributed by atoms with Crippen molar-refractivity contribution in [1.82, 2.24) is 5.32 Å². The van der Waals surface area contributed by atoms with Crippen LogP contribution in [0.5, 0.6) is 0 Å². The van der Waals surface area contributed by atoms with Gasteiger partial charge in [0.2, 0.25) is 0 Å². The van der Waals surface area contributed by atoms with E-state index >= 15 is 0 Å². The lowest BCUT2D eigenvalue weighted by Gasteiger charge is -2.04. The number of nitrogens with two attached hydrogens (primary N) is 1. The van der Waals surface area contributed by atoms with Crippen molar-refractivity contribution in [2.45, 2.75) is 20.4 Å². The minimum Gasteiger partial charge on any atom is -0.370 e. The van der Waals surface area contributed by atoms with E-state index in [2.05, 4.69) is 34.6 Å². The largest absolute Gasteiger partial charge is 0.370 e. The number of aryl methyl sites for hydroxylation is 1. The summed E-state index contributed by atoms with van der Waals surface area (Å²) in [5.41, 5.74) is 9.24. The van der Waals surface area contributed by atoms with Crippen LogP contribution in [0.2, 0.25) is 0 Å². The smallest absolute Gasteiger partial charge is 0.189 e. The third kappa shape index (κ3) is 5.50. The monoisotopic (exact) mass is 351 g/mol. The highest BCUT2D eigenvalue weighted by Crippen LogP contribution is 2.14. The lowest BCUT2D eigenvalue weighted by molar-refractivity contribution is 0.939. The lowest BCUT2D eigenvalue weighted by Crippen LogP contribution is -2.32. The van der Waals surface area contributed by atoms with Crippen molar-refractivity contribution in [2.75, 3.05) is 6.54 Å². The molecule has 1 aromatic heterocycles. The van der Waals surface area contributed by atoms with Crippen LogP contribution < -0.4 is 11.1 Å². The SMILES string of the molecule is C=C(C)CNC(N)=NCc1cscc1C.I. The van der Waals surface area contributed by atoms with E-state index in [1.54, 1.807) is 11.3 Å². The van der Waals surface area contributed by atoms with E-state index in [9.17, 15) is 0 Å². The van der Waals surface area contributed by atoms with E-state index in [4.69, 9.17) is 5.73 Å². The van der Waals surface area contributed by atoms with Gasteiger partial charge in [0.25, 0.3) is 0 Å². The zero-order valence-electron chi connectivity index (χ0n) is 9.62. The first-order valence-corrected chi connectivity index (χ1v) is 5.73. The fourth-order valence-electron chi connectivity index (χ4n) is 1.02. The molecule has 0 saturated carbocycles. The maximum atomic E-state index is 5.69. The van der Waals surface area contributed by atoms with E-state index < -0.39 is 0 Å². The molecule has 0 spiro atoms. The second-order valence-electron chi connectivity index (χ2n) is 3.59. The molecule has 1 heterocycles. The summed E-state index contributed by atoms with van der Waals surface area (Å²) >= 11 is 1.69. The van der Waals surface area contributed by atoms with Gasteiger partial charge >= 0.3 is 0 Å². The summed E-state index contributed by atoms with van der Waals surface area (Å²) in [5, 5.41) is 7.21.